The Balaban J connectivity index is 1.60. The van der Waals surface area contributed by atoms with Gasteiger partial charge in [-0.15, -0.1) is 11.3 Å². The van der Waals surface area contributed by atoms with Crippen LogP contribution in [0.4, 0.5) is 10.6 Å². The Morgan fingerprint density at radius 2 is 2.11 bits per heavy atom. The van der Waals surface area contributed by atoms with Gasteiger partial charge in [0.2, 0.25) is 0 Å². The zero-order valence-electron chi connectivity index (χ0n) is 15.8. The zero-order chi connectivity index (χ0) is 19.5. The molecule has 1 aliphatic rings. The van der Waals surface area contributed by atoms with Crippen molar-refractivity contribution in [3.05, 3.63) is 52.9 Å². The molecule has 1 fully saturated rings. The Morgan fingerprint density at radius 1 is 1.29 bits per heavy atom. The van der Waals surface area contributed by atoms with Crippen molar-refractivity contribution in [2.24, 2.45) is 0 Å². The van der Waals surface area contributed by atoms with Crippen molar-refractivity contribution < 1.29 is 9.53 Å². The molecule has 0 spiro atoms. The van der Waals surface area contributed by atoms with Crippen molar-refractivity contribution in [2.75, 3.05) is 25.1 Å². The number of para-hydroxylation sites is 1. The van der Waals surface area contributed by atoms with Crippen LogP contribution in [0.25, 0.3) is 5.69 Å². The normalized spacial score (nSPS) is 17.1. The van der Waals surface area contributed by atoms with Crippen LogP contribution in [0.15, 0.2) is 42.2 Å². The van der Waals surface area contributed by atoms with Gasteiger partial charge in [-0.25, -0.2) is 19.4 Å². The van der Waals surface area contributed by atoms with Gasteiger partial charge < -0.3 is 9.64 Å². The number of urea groups is 1. The molecule has 2 amide bonds. The third-order valence-corrected chi connectivity index (χ3v) is 5.74. The largest absolute Gasteiger partial charge is 0.377 e. The van der Waals surface area contributed by atoms with Crippen LogP contribution in [0, 0.1) is 0 Å². The number of nitrogens with one attached hydrogen (secondary N) is 1. The van der Waals surface area contributed by atoms with Crippen LogP contribution in [-0.2, 0) is 4.74 Å². The highest BCUT2D eigenvalue weighted by Crippen LogP contribution is 2.29. The fraction of sp³-hybridized carbons (Fsp3) is 0.368. The maximum atomic E-state index is 13.1. The summed E-state index contributed by atoms with van der Waals surface area (Å²) in [7, 11) is 0. The number of rotatable bonds is 4. The summed E-state index contributed by atoms with van der Waals surface area (Å²) in [6.45, 7) is 5.50. The molecule has 28 heavy (non-hydrogen) atoms. The van der Waals surface area contributed by atoms with Gasteiger partial charge >= 0.3 is 6.03 Å². The van der Waals surface area contributed by atoms with E-state index < -0.39 is 0 Å². The number of nitrogens with zero attached hydrogens (tertiary/aromatic N) is 5. The second-order valence-corrected chi connectivity index (χ2v) is 7.69. The Kier molecular flexibility index (Phi) is 5.36. The third-order valence-electron chi connectivity index (χ3n) is 4.61. The number of morpholine rings is 1. The van der Waals surface area contributed by atoms with Crippen molar-refractivity contribution in [1.29, 1.82) is 0 Å². The Labute approximate surface area is 167 Å². The summed E-state index contributed by atoms with van der Waals surface area (Å²) in [5.74, 6) is 1.59. The molecular formula is C19H22N6O2S. The number of hydrogen-bond acceptors (Lipinski definition) is 6. The van der Waals surface area contributed by atoms with Crippen molar-refractivity contribution in [3.63, 3.8) is 0 Å². The van der Waals surface area contributed by atoms with E-state index in [1.807, 2.05) is 30.3 Å². The van der Waals surface area contributed by atoms with Gasteiger partial charge in [-0.05, 0) is 18.1 Å². The van der Waals surface area contributed by atoms with Gasteiger partial charge in [0, 0.05) is 6.54 Å². The van der Waals surface area contributed by atoms with E-state index in [-0.39, 0.29) is 12.1 Å². The molecule has 0 radical (unpaired) electrons. The lowest BCUT2D eigenvalue weighted by atomic mass is 10.2. The summed E-state index contributed by atoms with van der Waals surface area (Å²) in [5, 5.41) is 7.32. The molecule has 3 heterocycles. The number of hydrogen-bond donors (Lipinski definition) is 1. The minimum Gasteiger partial charge on any atom is -0.377 e. The van der Waals surface area contributed by atoms with Crippen molar-refractivity contribution >= 4 is 23.2 Å². The number of benzene rings is 1. The molecule has 0 bridgehead atoms. The number of ether oxygens (including phenoxy) is 1. The molecule has 1 N–H and O–H groups in total. The van der Waals surface area contributed by atoms with Gasteiger partial charge in [0.25, 0.3) is 0 Å². The molecule has 146 valence electrons. The minimum absolute atomic E-state index is 0.205. The number of amides is 2. The summed E-state index contributed by atoms with van der Waals surface area (Å²) in [4.78, 5) is 24.6. The molecule has 1 unspecified atom stereocenters. The zero-order valence-corrected chi connectivity index (χ0v) is 16.6. The number of aromatic nitrogens is 4. The van der Waals surface area contributed by atoms with Gasteiger partial charge in [-0.1, -0.05) is 32.0 Å². The van der Waals surface area contributed by atoms with Crippen molar-refractivity contribution in [3.8, 4) is 5.69 Å². The Morgan fingerprint density at radius 3 is 2.89 bits per heavy atom. The summed E-state index contributed by atoms with van der Waals surface area (Å²) in [5.41, 5.74) is 2.65. The van der Waals surface area contributed by atoms with Crippen LogP contribution in [0.2, 0.25) is 0 Å². The lowest BCUT2D eigenvalue weighted by molar-refractivity contribution is 0.0110. The molecule has 8 nitrogen and oxygen atoms in total. The average Bonchev–Trinajstić information content (AvgIpc) is 3.38. The van der Waals surface area contributed by atoms with E-state index in [1.165, 1.54) is 6.33 Å². The molecule has 0 saturated carbocycles. The third kappa shape index (κ3) is 3.63. The highest BCUT2D eigenvalue weighted by molar-refractivity contribution is 7.10. The first-order chi connectivity index (χ1) is 13.6. The molecule has 1 atom stereocenters. The Bertz CT molecular complexity index is 939. The summed E-state index contributed by atoms with van der Waals surface area (Å²) < 4.78 is 7.41. The van der Waals surface area contributed by atoms with Crippen molar-refractivity contribution in [2.45, 2.75) is 25.8 Å². The number of carbonyl (C=O) groups is 1. The molecular weight excluding hydrogens is 376 g/mol. The van der Waals surface area contributed by atoms with E-state index in [2.05, 4.69) is 34.2 Å². The average molecular weight is 398 g/mol. The van der Waals surface area contributed by atoms with E-state index in [9.17, 15) is 4.79 Å². The summed E-state index contributed by atoms with van der Waals surface area (Å²) >= 11 is 1.55. The number of thiazole rings is 1. The van der Waals surface area contributed by atoms with Gasteiger partial charge in [0.05, 0.1) is 29.3 Å². The number of carbonyl (C=O) groups excluding carboxylic acids is 1. The van der Waals surface area contributed by atoms with Crippen molar-refractivity contribution in [1.82, 2.24) is 24.6 Å². The molecule has 1 aliphatic heterocycles. The van der Waals surface area contributed by atoms with Gasteiger partial charge in [0.15, 0.2) is 5.82 Å². The molecule has 2 aromatic heterocycles. The highest BCUT2D eigenvalue weighted by Gasteiger charge is 2.33. The topological polar surface area (TPSA) is 85.2 Å². The first-order valence-corrected chi connectivity index (χ1v) is 10.1. The monoisotopic (exact) mass is 398 g/mol. The molecule has 0 aliphatic carbocycles. The Hall–Kier alpha value is -2.78. The fourth-order valence-electron chi connectivity index (χ4n) is 3.24. The molecule has 4 rings (SSSR count). The van der Waals surface area contributed by atoms with Crippen LogP contribution < -0.4 is 5.32 Å². The smallest absolute Gasteiger partial charge is 0.323 e. The van der Waals surface area contributed by atoms with E-state index >= 15 is 0 Å². The molecule has 9 heteroatoms. The van der Waals surface area contributed by atoms with Crippen LogP contribution >= 0.6 is 11.3 Å². The van der Waals surface area contributed by atoms with Gasteiger partial charge in [-0.3, -0.25) is 5.32 Å². The highest BCUT2D eigenvalue weighted by atomic mass is 32.1. The molecule has 3 aromatic rings. The first-order valence-electron chi connectivity index (χ1n) is 9.19. The summed E-state index contributed by atoms with van der Waals surface area (Å²) in [6, 6.07) is 9.20. The maximum absolute atomic E-state index is 13.1. The number of anilines is 1. The molecule has 1 saturated heterocycles. The lowest BCUT2D eigenvalue weighted by Crippen LogP contribution is -2.46. The van der Waals surface area contributed by atoms with E-state index in [0.717, 1.165) is 10.6 Å². The predicted octanol–water partition coefficient (Wildman–Crippen LogP) is 3.45. The van der Waals surface area contributed by atoms with Crippen LogP contribution in [0.1, 0.15) is 36.5 Å². The van der Waals surface area contributed by atoms with E-state index in [0.29, 0.717) is 37.3 Å². The minimum atomic E-state index is -0.336. The van der Waals surface area contributed by atoms with Crippen LogP contribution in [0.3, 0.4) is 0 Å². The maximum Gasteiger partial charge on any atom is 0.323 e. The standard InChI is InChI=1S/C19H22N6O2S/c1-13(2)16-17(21-12-28-16)23-19(26)24-8-9-27-10-15(24)18-20-11-22-25(18)14-6-4-3-5-7-14/h3-7,11-13,15H,8-10H2,1-2H3,(H,23,26). The van der Waals surface area contributed by atoms with Gasteiger partial charge in [0.1, 0.15) is 18.2 Å². The second kappa shape index (κ2) is 8.07. The summed E-state index contributed by atoms with van der Waals surface area (Å²) in [6.07, 6.45) is 1.50. The van der Waals surface area contributed by atoms with E-state index in [1.54, 1.807) is 26.4 Å². The quantitative estimate of drug-likeness (QED) is 0.728. The SMILES string of the molecule is CC(C)c1scnc1NC(=O)N1CCOCC1c1ncnn1-c1ccccc1. The van der Waals surface area contributed by atoms with Crippen LogP contribution in [-0.4, -0.2) is 50.4 Å². The fourth-order valence-corrected chi connectivity index (χ4v) is 4.00. The van der Waals surface area contributed by atoms with E-state index in [4.69, 9.17) is 4.74 Å². The second-order valence-electron chi connectivity index (χ2n) is 6.80. The lowest BCUT2D eigenvalue weighted by Gasteiger charge is -2.34. The molecule has 1 aromatic carbocycles. The van der Waals surface area contributed by atoms with Crippen LogP contribution in [0.5, 0.6) is 0 Å². The predicted molar refractivity (Wildman–Crippen MR) is 107 cm³/mol. The van der Waals surface area contributed by atoms with Gasteiger partial charge in [-0.2, -0.15) is 5.10 Å². The first kappa shape index (κ1) is 18.6.